The zero-order valence-corrected chi connectivity index (χ0v) is 11.8. The highest BCUT2D eigenvalue weighted by atomic mass is 16.3. The Kier molecular flexibility index (Phi) is 5.92. The molecule has 0 unspecified atom stereocenters. The van der Waals surface area contributed by atoms with Crippen LogP contribution in [-0.2, 0) is 11.3 Å². The smallest absolute Gasteiger partial charge is 0.237 e. The van der Waals surface area contributed by atoms with Crippen molar-refractivity contribution in [2.45, 2.75) is 46.7 Å². The fourth-order valence-corrected chi connectivity index (χ4v) is 1.77. The van der Waals surface area contributed by atoms with E-state index in [9.17, 15) is 4.79 Å². The van der Waals surface area contributed by atoms with Crippen LogP contribution >= 0.6 is 0 Å². The number of carbonyl (C=O) groups excluding carboxylic acids is 1. The summed E-state index contributed by atoms with van der Waals surface area (Å²) in [5, 5.41) is 3.14. The summed E-state index contributed by atoms with van der Waals surface area (Å²) in [6.07, 6.45) is 1.03. The van der Waals surface area contributed by atoms with E-state index in [-0.39, 0.29) is 11.9 Å². The summed E-state index contributed by atoms with van der Waals surface area (Å²) >= 11 is 0. The van der Waals surface area contributed by atoms with E-state index in [1.54, 1.807) is 0 Å². The number of aryl methyl sites for hydroxylation is 1. The Morgan fingerprint density at radius 2 is 2.17 bits per heavy atom. The van der Waals surface area contributed by atoms with Crippen molar-refractivity contribution in [3.8, 4) is 0 Å². The summed E-state index contributed by atoms with van der Waals surface area (Å²) in [6.45, 7) is 9.85. The van der Waals surface area contributed by atoms with Crippen molar-refractivity contribution in [2.75, 3.05) is 13.1 Å². The van der Waals surface area contributed by atoms with Crippen LogP contribution in [0.2, 0.25) is 0 Å². The van der Waals surface area contributed by atoms with Gasteiger partial charge in [0.25, 0.3) is 0 Å². The molecule has 0 radical (unpaired) electrons. The first kappa shape index (κ1) is 14.8. The second-order valence-electron chi connectivity index (χ2n) is 4.80. The minimum absolute atomic E-state index is 0.118. The molecular formula is C14H24N2O2. The van der Waals surface area contributed by atoms with Gasteiger partial charge in [0.05, 0.1) is 13.1 Å². The number of carbonyl (C=O) groups is 1. The summed E-state index contributed by atoms with van der Waals surface area (Å²) in [7, 11) is 0. The number of hydrogen-bond acceptors (Lipinski definition) is 3. The minimum atomic E-state index is 0.118. The Morgan fingerprint density at radius 1 is 1.44 bits per heavy atom. The fraction of sp³-hybridized carbons (Fsp3) is 0.643. The molecule has 0 fully saturated rings. The summed E-state index contributed by atoms with van der Waals surface area (Å²) in [4.78, 5) is 13.9. The highest BCUT2D eigenvalue weighted by Gasteiger charge is 2.18. The molecule has 1 aromatic heterocycles. The lowest BCUT2D eigenvalue weighted by Crippen LogP contribution is -2.41. The maximum atomic E-state index is 12.1. The Bertz CT molecular complexity index is 372. The lowest BCUT2D eigenvalue weighted by atomic mass is 10.2. The first-order valence-electron chi connectivity index (χ1n) is 6.60. The van der Waals surface area contributed by atoms with Crippen molar-refractivity contribution in [1.82, 2.24) is 10.2 Å². The molecule has 4 heteroatoms. The minimum Gasteiger partial charge on any atom is -0.464 e. The highest BCUT2D eigenvalue weighted by molar-refractivity contribution is 5.78. The molecule has 0 spiro atoms. The third-order valence-electron chi connectivity index (χ3n) is 2.77. The van der Waals surface area contributed by atoms with Crippen molar-refractivity contribution in [3.05, 3.63) is 23.7 Å². The molecule has 0 saturated heterocycles. The quantitative estimate of drug-likeness (QED) is 0.758. The van der Waals surface area contributed by atoms with Crippen LogP contribution in [0.1, 0.15) is 38.7 Å². The van der Waals surface area contributed by atoms with Gasteiger partial charge < -0.3 is 14.6 Å². The molecule has 0 aliphatic heterocycles. The van der Waals surface area contributed by atoms with Gasteiger partial charge in [-0.15, -0.1) is 0 Å². The second-order valence-corrected chi connectivity index (χ2v) is 4.80. The SMILES string of the molecule is CCCNCC(=O)N(Cc1ccc(C)o1)C(C)C. The van der Waals surface area contributed by atoms with Crippen molar-refractivity contribution in [2.24, 2.45) is 0 Å². The Morgan fingerprint density at radius 3 is 2.67 bits per heavy atom. The number of nitrogens with one attached hydrogen (secondary N) is 1. The maximum absolute atomic E-state index is 12.1. The lowest BCUT2D eigenvalue weighted by Gasteiger charge is -2.26. The standard InChI is InChI=1S/C14H24N2O2/c1-5-8-15-9-14(17)16(11(2)3)10-13-7-6-12(4)18-13/h6-7,11,15H,5,8-10H2,1-4H3. The molecule has 0 bridgehead atoms. The van der Waals surface area contributed by atoms with E-state index >= 15 is 0 Å². The fourth-order valence-electron chi connectivity index (χ4n) is 1.77. The van der Waals surface area contributed by atoms with Gasteiger partial charge in [0.2, 0.25) is 5.91 Å². The molecule has 18 heavy (non-hydrogen) atoms. The third kappa shape index (κ3) is 4.53. The van der Waals surface area contributed by atoms with Crippen LogP contribution in [0.15, 0.2) is 16.5 Å². The van der Waals surface area contributed by atoms with E-state index in [0.717, 1.165) is 24.5 Å². The zero-order valence-electron chi connectivity index (χ0n) is 11.8. The van der Waals surface area contributed by atoms with Crippen molar-refractivity contribution in [1.29, 1.82) is 0 Å². The van der Waals surface area contributed by atoms with Crippen molar-refractivity contribution >= 4 is 5.91 Å². The second kappa shape index (κ2) is 7.21. The first-order chi connectivity index (χ1) is 8.54. The predicted molar refractivity (Wildman–Crippen MR) is 72.3 cm³/mol. The Balaban J connectivity index is 2.56. The van der Waals surface area contributed by atoms with Gasteiger partial charge in [-0.25, -0.2) is 0 Å². The summed E-state index contributed by atoms with van der Waals surface area (Å²) in [5.41, 5.74) is 0. The van der Waals surface area contributed by atoms with E-state index in [2.05, 4.69) is 12.2 Å². The van der Waals surface area contributed by atoms with Crippen LogP contribution in [0.3, 0.4) is 0 Å². The summed E-state index contributed by atoms with van der Waals surface area (Å²) < 4.78 is 5.53. The van der Waals surface area contributed by atoms with Gasteiger partial charge in [0.15, 0.2) is 0 Å². The summed E-state index contributed by atoms with van der Waals surface area (Å²) in [5.74, 6) is 1.84. The molecule has 1 N–H and O–H groups in total. The number of nitrogens with zero attached hydrogens (tertiary/aromatic N) is 1. The van der Waals surface area contributed by atoms with Crippen LogP contribution in [0.5, 0.6) is 0 Å². The monoisotopic (exact) mass is 252 g/mol. The molecule has 0 aromatic carbocycles. The molecule has 1 rings (SSSR count). The van der Waals surface area contributed by atoms with Crippen LogP contribution < -0.4 is 5.32 Å². The van der Waals surface area contributed by atoms with Gasteiger partial charge in [0.1, 0.15) is 11.5 Å². The van der Waals surface area contributed by atoms with E-state index in [4.69, 9.17) is 4.42 Å². The molecule has 1 heterocycles. The van der Waals surface area contributed by atoms with E-state index in [0.29, 0.717) is 13.1 Å². The average molecular weight is 252 g/mol. The van der Waals surface area contributed by atoms with Gasteiger partial charge in [-0.05, 0) is 45.9 Å². The third-order valence-corrected chi connectivity index (χ3v) is 2.77. The van der Waals surface area contributed by atoms with Gasteiger partial charge in [0, 0.05) is 6.04 Å². The molecule has 1 amide bonds. The summed E-state index contributed by atoms with van der Waals surface area (Å²) in [6, 6.07) is 4.02. The van der Waals surface area contributed by atoms with Gasteiger partial charge in [-0.3, -0.25) is 4.79 Å². The van der Waals surface area contributed by atoms with Crippen molar-refractivity contribution < 1.29 is 9.21 Å². The topological polar surface area (TPSA) is 45.5 Å². The van der Waals surface area contributed by atoms with E-state index in [1.165, 1.54) is 0 Å². The molecular weight excluding hydrogens is 228 g/mol. The molecule has 102 valence electrons. The lowest BCUT2D eigenvalue weighted by molar-refractivity contribution is -0.132. The van der Waals surface area contributed by atoms with Crippen LogP contribution in [0.25, 0.3) is 0 Å². The van der Waals surface area contributed by atoms with Crippen molar-refractivity contribution in [3.63, 3.8) is 0 Å². The number of hydrogen-bond donors (Lipinski definition) is 1. The van der Waals surface area contributed by atoms with Crippen LogP contribution in [0.4, 0.5) is 0 Å². The first-order valence-corrected chi connectivity index (χ1v) is 6.60. The Hall–Kier alpha value is -1.29. The van der Waals surface area contributed by atoms with Crippen LogP contribution in [-0.4, -0.2) is 29.9 Å². The average Bonchev–Trinajstić information content (AvgIpc) is 2.71. The van der Waals surface area contributed by atoms with Crippen LogP contribution in [0, 0.1) is 6.92 Å². The normalized spacial score (nSPS) is 10.9. The van der Waals surface area contributed by atoms with Gasteiger partial charge in [-0.1, -0.05) is 6.92 Å². The molecule has 0 saturated carbocycles. The highest BCUT2D eigenvalue weighted by Crippen LogP contribution is 2.11. The Labute approximate surface area is 109 Å². The van der Waals surface area contributed by atoms with E-state index < -0.39 is 0 Å². The predicted octanol–water partition coefficient (Wildman–Crippen LogP) is 2.32. The molecule has 1 aromatic rings. The zero-order chi connectivity index (χ0) is 13.5. The number of rotatable bonds is 7. The number of amides is 1. The van der Waals surface area contributed by atoms with Gasteiger partial charge in [-0.2, -0.15) is 0 Å². The van der Waals surface area contributed by atoms with E-state index in [1.807, 2.05) is 37.8 Å². The molecule has 0 atom stereocenters. The molecule has 0 aliphatic rings. The molecule has 0 aliphatic carbocycles. The molecule has 4 nitrogen and oxygen atoms in total. The number of furan rings is 1. The van der Waals surface area contributed by atoms with Gasteiger partial charge >= 0.3 is 0 Å². The maximum Gasteiger partial charge on any atom is 0.237 e. The largest absolute Gasteiger partial charge is 0.464 e.